The van der Waals surface area contributed by atoms with Crippen molar-refractivity contribution in [1.82, 2.24) is 9.88 Å². The van der Waals surface area contributed by atoms with E-state index < -0.39 is 5.41 Å². The molecule has 6 nitrogen and oxygen atoms in total. The molecular formula is C20H24N4O2. The Labute approximate surface area is 153 Å². The Bertz CT molecular complexity index is 735. The molecule has 0 aromatic carbocycles. The van der Waals surface area contributed by atoms with Crippen LogP contribution in [-0.2, 0) is 9.59 Å². The number of hydrogen-bond donors (Lipinski definition) is 1. The monoisotopic (exact) mass is 352 g/mol. The molecule has 0 unspecified atom stereocenters. The zero-order valence-corrected chi connectivity index (χ0v) is 14.9. The third kappa shape index (κ3) is 2.86. The predicted molar refractivity (Wildman–Crippen MR) is 95.7 cm³/mol. The molecule has 4 rings (SSSR count). The molecule has 0 radical (unpaired) electrons. The molecule has 2 aliphatic carbocycles. The van der Waals surface area contributed by atoms with Gasteiger partial charge in [-0.1, -0.05) is 12.5 Å². The van der Waals surface area contributed by atoms with Gasteiger partial charge in [0.2, 0.25) is 11.8 Å². The van der Waals surface area contributed by atoms with Crippen LogP contribution in [0.15, 0.2) is 24.4 Å². The minimum Gasteiger partial charge on any atom is -0.341 e. The highest BCUT2D eigenvalue weighted by molar-refractivity contribution is 5.92. The van der Waals surface area contributed by atoms with Crippen LogP contribution in [-0.4, -0.2) is 34.8 Å². The first-order chi connectivity index (χ1) is 12.6. The van der Waals surface area contributed by atoms with Crippen LogP contribution >= 0.6 is 0 Å². The lowest BCUT2D eigenvalue weighted by atomic mass is 9.45. The van der Waals surface area contributed by atoms with E-state index in [2.05, 4.69) is 16.4 Å². The molecule has 3 aliphatic rings. The Morgan fingerprint density at radius 3 is 2.50 bits per heavy atom. The second kappa shape index (κ2) is 6.39. The number of likely N-dealkylation sites (tertiary alicyclic amines) is 1. The second-order valence-electron chi connectivity index (χ2n) is 8.17. The highest BCUT2D eigenvalue weighted by Crippen LogP contribution is 2.64. The van der Waals surface area contributed by atoms with E-state index in [1.165, 1.54) is 19.3 Å². The van der Waals surface area contributed by atoms with E-state index >= 15 is 0 Å². The van der Waals surface area contributed by atoms with Gasteiger partial charge in [-0.05, 0) is 56.1 Å². The Hall–Kier alpha value is -2.42. The maximum Gasteiger partial charge on any atom is 0.243 e. The molecular weight excluding hydrogens is 328 g/mol. The maximum absolute atomic E-state index is 12.9. The second-order valence-corrected chi connectivity index (χ2v) is 8.17. The number of amides is 2. The number of hydrogen-bond acceptors (Lipinski definition) is 4. The number of carbonyl (C=O) groups is 2. The van der Waals surface area contributed by atoms with Crippen LogP contribution in [0, 0.1) is 28.1 Å². The van der Waals surface area contributed by atoms with Gasteiger partial charge in [0, 0.05) is 25.2 Å². The van der Waals surface area contributed by atoms with Crippen molar-refractivity contribution in [1.29, 1.82) is 5.26 Å². The Morgan fingerprint density at radius 2 is 1.96 bits per heavy atom. The number of carbonyl (C=O) groups excluding carboxylic acids is 2. The van der Waals surface area contributed by atoms with Crippen LogP contribution < -0.4 is 5.32 Å². The van der Waals surface area contributed by atoms with E-state index in [4.69, 9.17) is 0 Å². The van der Waals surface area contributed by atoms with Gasteiger partial charge in [-0.2, -0.15) is 5.26 Å². The molecule has 0 bridgehead atoms. The standard InChI is InChI=1S/C20H24N4O2/c21-14-20(12-19(13-20)7-3-8-19)18(26)24-10-5-15(6-11-24)17(25)23-16-4-1-2-9-22-16/h1-2,4,9,15H,3,5-8,10-13H2,(H,22,23,25). The smallest absolute Gasteiger partial charge is 0.243 e. The van der Waals surface area contributed by atoms with Gasteiger partial charge in [-0.15, -0.1) is 0 Å². The lowest BCUT2D eigenvalue weighted by Gasteiger charge is -2.58. The number of piperidine rings is 1. The fourth-order valence-corrected chi connectivity index (χ4v) is 4.85. The van der Waals surface area contributed by atoms with E-state index in [1.807, 2.05) is 6.07 Å². The van der Waals surface area contributed by atoms with Crippen molar-refractivity contribution < 1.29 is 9.59 Å². The quantitative estimate of drug-likeness (QED) is 0.906. The summed E-state index contributed by atoms with van der Waals surface area (Å²) < 4.78 is 0. The molecule has 1 N–H and O–H groups in total. The van der Waals surface area contributed by atoms with E-state index in [-0.39, 0.29) is 23.1 Å². The Balaban J connectivity index is 1.31. The zero-order valence-electron chi connectivity index (χ0n) is 14.9. The van der Waals surface area contributed by atoms with Gasteiger partial charge in [0.25, 0.3) is 0 Å². The maximum atomic E-state index is 12.9. The summed E-state index contributed by atoms with van der Waals surface area (Å²) in [5.74, 6) is 0.391. The van der Waals surface area contributed by atoms with Gasteiger partial charge in [-0.3, -0.25) is 9.59 Å². The summed E-state index contributed by atoms with van der Waals surface area (Å²) in [7, 11) is 0. The van der Waals surface area contributed by atoms with Crippen LogP contribution in [0.1, 0.15) is 44.9 Å². The van der Waals surface area contributed by atoms with Gasteiger partial charge < -0.3 is 10.2 Å². The van der Waals surface area contributed by atoms with Gasteiger partial charge in [0.1, 0.15) is 11.2 Å². The molecule has 0 atom stereocenters. The summed E-state index contributed by atoms with van der Waals surface area (Å²) in [6.07, 6.45) is 7.94. The third-order valence-corrected chi connectivity index (χ3v) is 6.46. The number of rotatable bonds is 3. The van der Waals surface area contributed by atoms with Gasteiger partial charge in [0.05, 0.1) is 6.07 Å². The average molecular weight is 352 g/mol. The SMILES string of the molecule is N#CC1(C(=O)N2CCC(C(=O)Nc3ccccn3)CC2)CC2(CCC2)C1. The summed E-state index contributed by atoms with van der Waals surface area (Å²) in [6.45, 7) is 1.10. The largest absolute Gasteiger partial charge is 0.341 e. The molecule has 2 heterocycles. The van der Waals surface area contributed by atoms with E-state index in [9.17, 15) is 14.9 Å². The lowest BCUT2D eigenvalue weighted by molar-refractivity contribution is -0.159. The number of nitriles is 1. The topological polar surface area (TPSA) is 86.1 Å². The highest BCUT2D eigenvalue weighted by Gasteiger charge is 2.62. The number of pyridine rings is 1. The molecule has 1 spiro atoms. The minimum atomic E-state index is -0.802. The Kier molecular flexibility index (Phi) is 4.18. The van der Waals surface area contributed by atoms with Crippen molar-refractivity contribution in [2.45, 2.75) is 44.9 Å². The van der Waals surface area contributed by atoms with Crippen molar-refractivity contribution >= 4 is 17.6 Å². The number of nitrogens with one attached hydrogen (secondary N) is 1. The van der Waals surface area contributed by atoms with Gasteiger partial charge >= 0.3 is 0 Å². The van der Waals surface area contributed by atoms with Crippen LogP contribution in [0.25, 0.3) is 0 Å². The van der Waals surface area contributed by atoms with Crippen LogP contribution in [0.2, 0.25) is 0 Å². The Morgan fingerprint density at radius 1 is 1.23 bits per heavy atom. The first-order valence-corrected chi connectivity index (χ1v) is 9.48. The summed E-state index contributed by atoms with van der Waals surface area (Å²) in [4.78, 5) is 31.2. The van der Waals surface area contributed by atoms with Gasteiger partial charge in [-0.25, -0.2) is 4.98 Å². The average Bonchev–Trinajstić information content (AvgIpc) is 2.61. The molecule has 1 aliphatic heterocycles. The molecule has 26 heavy (non-hydrogen) atoms. The van der Waals surface area contributed by atoms with Crippen molar-refractivity contribution in [3.05, 3.63) is 24.4 Å². The molecule has 136 valence electrons. The van der Waals surface area contributed by atoms with Crippen LogP contribution in [0.3, 0.4) is 0 Å². The van der Waals surface area contributed by atoms with Crippen LogP contribution in [0.4, 0.5) is 5.82 Å². The number of nitrogens with zero attached hydrogens (tertiary/aromatic N) is 3. The molecule has 1 saturated heterocycles. The van der Waals surface area contributed by atoms with Crippen molar-refractivity contribution in [3.8, 4) is 6.07 Å². The summed E-state index contributed by atoms with van der Waals surface area (Å²) in [5, 5.41) is 12.5. The normalized spacial score (nSPS) is 23.4. The molecule has 3 fully saturated rings. The van der Waals surface area contributed by atoms with Crippen molar-refractivity contribution in [3.63, 3.8) is 0 Å². The molecule has 1 aromatic heterocycles. The minimum absolute atomic E-state index is 0.0129. The first kappa shape index (κ1) is 17.0. The third-order valence-electron chi connectivity index (χ3n) is 6.46. The van der Waals surface area contributed by atoms with Crippen molar-refractivity contribution in [2.75, 3.05) is 18.4 Å². The van der Waals surface area contributed by atoms with E-state index in [1.54, 1.807) is 23.2 Å². The highest BCUT2D eigenvalue weighted by atomic mass is 16.2. The fraction of sp³-hybridized carbons (Fsp3) is 0.600. The molecule has 6 heteroatoms. The predicted octanol–water partition coefficient (Wildman–Crippen LogP) is 2.73. The number of anilines is 1. The lowest BCUT2D eigenvalue weighted by Crippen LogP contribution is -2.58. The van der Waals surface area contributed by atoms with E-state index in [0.29, 0.717) is 31.7 Å². The van der Waals surface area contributed by atoms with E-state index in [0.717, 1.165) is 12.8 Å². The van der Waals surface area contributed by atoms with Gasteiger partial charge in [0.15, 0.2) is 0 Å². The fourth-order valence-electron chi connectivity index (χ4n) is 4.85. The molecule has 1 aromatic rings. The molecule has 2 saturated carbocycles. The molecule has 2 amide bonds. The summed E-state index contributed by atoms with van der Waals surface area (Å²) >= 11 is 0. The van der Waals surface area contributed by atoms with Crippen LogP contribution in [0.5, 0.6) is 0 Å². The zero-order chi connectivity index (χ0) is 18.2. The summed E-state index contributed by atoms with van der Waals surface area (Å²) in [6, 6.07) is 7.72. The number of aromatic nitrogens is 1. The summed E-state index contributed by atoms with van der Waals surface area (Å²) in [5.41, 5.74) is -0.518. The first-order valence-electron chi connectivity index (χ1n) is 9.48. The van der Waals surface area contributed by atoms with Crippen molar-refractivity contribution in [2.24, 2.45) is 16.7 Å².